The van der Waals surface area contributed by atoms with Crippen molar-refractivity contribution in [3.8, 4) is 5.75 Å². The number of aliphatic hydroxyl groups is 1. The van der Waals surface area contributed by atoms with E-state index in [9.17, 15) is 14.7 Å². The van der Waals surface area contributed by atoms with E-state index in [-0.39, 0.29) is 25.0 Å². The number of carbonyl (C=O) groups is 2. The molecule has 0 bridgehead atoms. The van der Waals surface area contributed by atoms with Crippen LogP contribution in [0.1, 0.15) is 0 Å². The summed E-state index contributed by atoms with van der Waals surface area (Å²) in [5.74, 6) is -0.765. The quantitative estimate of drug-likeness (QED) is 0.841. The highest BCUT2D eigenvalue weighted by molar-refractivity contribution is 6.07. The van der Waals surface area contributed by atoms with Gasteiger partial charge in [-0.3, -0.25) is 14.5 Å². The zero-order chi connectivity index (χ0) is 18.1. The standard InChI is InChI=1S/C21H19NO4/c23-16(12-22-20(24)18-7-3-4-8-19(18)21(22)25)13-26-17-10-9-14-5-1-2-6-15(14)11-17/h1-11,16,18-19,23H,12-13H2/t16-,18-,19-/m0/s1. The van der Waals surface area contributed by atoms with E-state index < -0.39 is 17.9 Å². The predicted octanol–water partition coefficient (Wildman–Crippen LogP) is 2.31. The Hall–Kier alpha value is -2.92. The second-order valence-corrected chi connectivity index (χ2v) is 6.58. The molecule has 0 radical (unpaired) electrons. The van der Waals surface area contributed by atoms with Crippen LogP contribution < -0.4 is 4.74 Å². The van der Waals surface area contributed by atoms with Crippen molar-refractivity contribution in [2.24, 2.45) is 11.8 Å². The minimum atomic E-state index is -0.942. The summed E-state index contributed by atoms with van der Waals surface area (Å²) in [6.45, 7) is -0.0453. The third-order valence-corrected chi connectivity index (χ3v) is 4.79. The average Bonchev–Trinajstić information content (AvgIpc) is 2.91. The van der Waals surface area contributed by atoms with Crippen LogP contribution in [0.25, 0.3) is 10.8 Å². The lowest BCUT2D eigenvalue weighted by atomic mass is 9.91. The van der Waals surface area contributed by atoms with Crippen LogP contribution in [0.3, 0.4) is 0 Å². The van der Waals surface area contributed by atoms with Crippen LogP contribution in [0.2, 0.25) is 0 Å². The van der Waals surface area contributed by atoms with E-state index in [0.29, 0.717) is 5.75 Å². The van der Waals surface area contributed by atoms with Gasteiger partial charge in [-0.1, -0.05) is 54.6 Å². The van der Waals surface area contributed by atoms with Gasteiger partial charge in [-0.15, -0.1) is 0 Å². The number of aliphatic hydroxyl groups excluding tert-OH is 1. The third-order valence-electron chi connectivity index (χ3n) is 4.79. The van der Waals surface area contributed by atoms with Crippen molar-refractivity contribution in [2.75, 3.05) is 13.2 Å². The number of hydrogen-bond donors (Lipinski definition) is 1. The number of β-amino-alcohol motifs (C(OH)–C–C–N with tert-alkyl or cyclic N) is 1. The maximum atomic E-state index is 12.4. The van der Waals surface area contributed by atoms with Crippen LogP contribution in [0, 0.1) is 11.8 Å². The maximum absolute atomic E-state index is 12.4. The van der Waals surface area contributed by atoms with Crippen LogP contribution in [-0.2, 0) is 9.59 Å². The number of ether oxygens (including phenoxy) is 1. The Bertz CT molecular complexity index is 887. The van der Waals surface area contributed by atoms with Crippen molar-refractivity contribution < 1.29 is 19.4 Å². The molecule has 1 aliphatic heterocycles. The minimum Gasteiger partial charge on any atom is -0.491 e. The summed E-state index contributed by atoms with van der Waals surface area (Å²) in [4.78, 5) is 25.9. The molecule has 2 aliphatic rings. The number of nitrogens with zero attached hydrogens (tertiary/aromatic N) is 1. The van der Waals surface area contributed by atoms with E-state index >= 15 is 0 Å². The van der Waals surface area contributed by atoms with Gasteiger partial charge < -0.3 is 9.84 Å². The van der Waals surface area contributed by atoms with Gasteiger partial charge in [0.1, 0.15) is 18.5 Å². The Labute approximate surface area is 151 Å². The van der Waals surface area contributed by atoms with Crippen LogP contribution in [0.5, 0.6) is 5.75 Å². The van der Waals surface area contributed by atoms with Crippen molar-refractivity contribution in [1.29, 1.82) is 0 Å². The molecule has 0 unspecified atom stereocenters. The van der Waals surface area contributed by atoms with E-state index in [1.807, 2.05) is 42.5 Å². The van der Waals surface area contributed by atoms with Gasteiger partial charge in [0.2, 0.25) is 11.8 Å². The first-order valence-corrected chi connectivity index (χ1v) is 8.63. The summed E-state index contributed by atoms with van der Waals surface area (Å²) in [6, 6.07) is 13.6. The van der Waals surface area contributed by atoms with Crippen LogP contribution >= 0.6 is 0 Å². The number of carbonyl (C=O) groups excluding carboxylic acids is 2. The van der Waals surface area contributed by atoms with Crippen LogP contribution in [-0.4, -0.2) is 41.1 Å². The second kappa shape index (κ2) is 6.77. The third kappa shape index (κ3) is 3.02. The molecule has 1 fully saturated rings. The molecule has 0 spiro atoms. The van der Waals surface area contributed by atoms with Crippen LogP contribution in [0.15, 0.2) is 66.8 Å². The molecule has 1 aliphatic carbocycles. The largest absolute Gasteiger partial charge is 0.491 e. The van der Waals surface area contributed by atoms with E-state index in [4.69, 9.17) is 4.74 Å². The topological polar surface area (TPSA) is 66.8 Å². The summed E-state index contributed by atoms with van der Waals surface area (Å²) in [5, 5.41) is 12.4. The van der Waals surface area contributed by atoms with Gasteiger partial charge >= 0.3 is 0 Å². The molecule has 0 aromatic heterocycles. The highest BCUT2D eigenvalue weighted by atomic mass is 16.5. The minimum absolute atomic E-state index is 0.0103. The highest BCUT2D eigenvalue weighted by Crippen LogP contribution is 2.31. The fraction of sp³-hybridized carbons (Fsp3) is 0.238. The maximum Gasteiger partial charge on any atom is 0.237 e. The van der Waals surface area contributed by atoms with Crippen molar-refractivity contribution in [3.05, 3.63) is 66.8 Å². The van der Waals surface area contributed by atoms with Crippen molar-refractivity contribution >= 4 is 22.6 Å². The Morgan fingerprint density at radius 3 is 2.31 bits per heavy atom. The summed E-state index contributed by atoms with van der Waals surface area (Å²) in [5.41, 5.74) is 0. The molecule has 5 heteroatoms. The molecular weight excluding hydrogens is 330 g/mol. The normalized spacial score (nSPS) is 22.7. The second-order valence-electron chi connectivity index (χ2n) is 6.58. The average molecular weight is 349 g/mol. The fourth-order valence-corrected chi connectivity index (χ4v) is 3.44. The summed E-state index contributed by atoms with van der Waals surface area (Å²) < 4.78 is 5.65. The Morgan fingerprint density at radius 1 is 0.962 bits per heavy atom. The number of fused-ring (bicyclic) bond motifs is 2. The molecule has 4 rings (SSSR count). The number of amides is 2. The summed E-state index contributed by atoms with van der Waals surface area (Å²) in [7, 11) is 0. The van der Waals surface area contributed by atoms with Gasteiger partial charge in [-0.25, -0.2) is 0 Å². The number of rotatable bonds is 5. The first kappa shape index (κ1) is 16.5. The molecule has 2 amide bonds. The zero-order valence-electron chi connectivity index (χ0n) is 14.1. The molecule has 0 saturated carbocycles. The summed E-state index contributed by atoms with van der Waals surface area (Å²) >= 11 is 0. The molecule has 26 heavy (non-hydrogen) atoms. The van der Waals surface area contributed by atoms with Gasteiger partial charge in [0.15, 0.2) is 0 Å². The molecule has 3 atom stereocenters. The first-order chi connectivity index (χ1) is 12.6. The molecule has 2 aromatic rings. The molecule has 2 aromatic carbocycles. The van der Waals surface area contributed by atoms with Crippen molar-refractivity contribution in [2.45, 2.75) is 6.10 Å². The Balaban J connectivity index is 1.38. The molecular formula is C21H19NO4. The number of likely N-dealkylation sites (tertiary alicyclic amines) is 1. The number of hydrogen-bond acceptors (Lipinski definition) is 4. The van der Waals surface area contributed by atoms with E-state index in [1.165, 1.54) is 0 Å². The fourth-order valence-electron chi connectivity index (χ4n) is 3.44. The summed E-state index contributed by atoms with van der Waals surface area (Å²) in [6.07, 6.45) is 6.08. The van der Waals surface area contributed by atoms with Gasteiger partial charge in [0, 0.05) is 0 Å². The first-order valence-electron chi connectivity index (χ1n) is 8.63. The lowest BCUT2D eigenvalue weighted by Gasteiger charge is -2.19. The predicted molar refractivity (Wildman–Crippen MR) is 97.4 cm³/mol. The number of allylic oxidation sites excluding steroid dienone is 2. The SMILES string of the molecule is O=C1[C@H]2C=CC=C[C@@H]2C(=O)N1C[C@H](O)COc1ccc2ccccc2c1. The smallest absolute Gasteiger partial charge is 0.237 e. The molecule has 5 nitrogen and oxygen atoms in total. The van der Waals surface area contributed by atoms with Crippen molar-refractivity contribution in [1.82, 2.24) is 4.90 Å². The number of imide groups is 1. The molecule has 1 heterocycles. The molecule has 1 saturated heterocycles. The van der Waals surface area contributed by atoms with Gasteiger partial charge in [-0.05, 0) is 22.9 Å². The lowest BCUT2D eigenvalue weighted by Crippen LogP contribution is -2.39. The van der Waals surface area contributed by atoms with E-state index in [0.717, 1.165) is 15.7 Å². The Kier molecular flexibility index (Phi) is 4.31. The Morgan fingerprint density at radius 2 is 1.62 bits per heavy atom. The molecule has 132 valence electrons. The van der Waals surface area contributed by atoms with Crippen LogP contribution in [0.4, 0.5) is 0 Å². The number of benzene rings is 2. The van der Waals surface area contributed by atoms with E-state index in [1.54, 1.807) is 24.3 Å². The van der Waals surface area contributed by atoms with E-state index in [2.05, 4.69) is 0 Å². The van der Waals surface area contributed by atoms with Gasteiger partial charge in [0.05, 0.1) is 18.4 Å². The zero-order valence-corrected chi connectivity index (χ0v) is 14.1. The molecule has 1 N–H and O–H groups in total. The monoisotopic (exact) mass is 349 g/mol. The highest BCUT2D eigenvalue weighted by Gasteiger charge is 2.45. The van der Waals surface area contributed by atoms with Gasteiger partial charge in [0.25, 0.3) is 0 Å². The van der Waals surface area contributed by atoms with Crippen molar-refractivity contribution in [3.63, 3.8) is 0 Å². The lowest BCUT2D eigenvalue weighted by molar-refractivity contribution is -0.141. The van der Waals surface area contributed by atoms with Gasteiger partial charge in [-0.2, -0.15) is 0 Å².